The molecular weight excluding hydrogens is 612 g/mol. The first-order valence-corrected chi connectivity index (χ1v) is 15.6. The van der Waals surface area contributed by atoms with E-state index in [0.717, 1.165) is 5.69 Å². The number of anilines is 8. The highest BCUT2D eigenvalue weighted by Gasteiger charge is 2.24. The molecule has 0 amide bonds. The van der Waals surface area contributed by atoms with Crippen LogP contribution in [0, 0.1) is 0 Å². The topological polar surface area (TPSA) is 118 Å². The zero-order valence-electron chi connectivity index (χ0n) is 26.3. The Morgan fingerprint density at radius 1 is 0.510 bits per heavy atom. The third kappa shape index (κ3) is 7.06. The molecular formula is C40H32N6O3. The van der Waals surface area contributed by atoms with E-state index < -0.39 is 0 Å². The molecule has 0 radical (unpaired) electrons. The lowest BCUT2D eigenvalue weighted by atomic mass is 10.2. The van der Waals surface area contributed by atoms with Gasteiger partial charge in [0.15, 0.2) is 34.8 Å². The summed E-state index contributed by atoms with van der Waals surface area (Å²) in [5, 5.41) is 17.8. The molecule has 49 heavy (non-hydrogen) atoms. The van der Waals surface area contributed by atoms with E-state index in [1.807, 2.05) is 146 Å². The Kier molecular flexibility index (Phi) is 8.87. The summed E-state index contributed by atoms with van der Waals surface area (Å²) in [5.74, 6) is 3.68. The fraction of sp³-hybridized carbons (Fsp3) is 0. The van der Waals surface area contributed by atoms with Crippen molar-refractivity contribution < 1.29 is 14.6 Å². The number of nitrogens with one attached hydrogen (secondary N) is 2. The number of rotatable bonds is 11. The van der Waals surface area contributed by atoms with E-state index >= 15 is 0 Å². The quantitative estimate of drug-likeness (QED) is 0.109. The van der Waals surface area contributed by atoms with Gasteiger partial charge in [-0.15, -0.1) is 0 Å². The molecule has 0 saturated heterocycles. The zero-order valence-corrected chi connectivity index (χ0v) is 26.3. The van der Waals surface area contributed by atoms with E-state index in [9.17, 15) is 5.11 Å². The van der Waals surface area contributed by atoms with Gasteiger partial charge in [-0.25, -0.2) is 9.97 Å². The highest BCUT2D eigenvalue weighted by molar-refractivity contribution is 5.86. The van der Waals surface area contributed by atoms with E-state index in [-0.39, 0.29) is 11.6 Å². The molecule has 0 aliphatic carbocycles. The molecule has 6 aromatic carbocycles. The fourth-order valence-electron chi connectivity index (χ4n) is 5.19. The molecule has 0 atom stereocenters. The van der Waals surface area contributed by atoms with Crippen LogP contribution in [0.4, 0.5) is 46.0 Å². The largest absolute Gasteiger partial charge is 0.506 e. The van der Waals surface area contributed by atoms with Crippen molar-refractivity contribution in [3.05, 3.63) is 164 Å². The summed E-state index contributed by atoms with van der Waals surface area (Å²) in [6, 6.07) is 50.7. The van der Waals surface area contributed by atoms with Crippen LogP contribution in [-0.4, -0.2) is 15.1 Å². The standard InChI is InChI=1S/C40H32N6O3/c41-37-40(46(28-16-4-1-5-17-28)33-24-12-13-25-34(33)47)45-39(43-32-23-11-15-27-36(32)49-30-20-8-3-9-21-30)38(44-37)42-31-22-10-14-26-35(31)48-29-18-6-2-7-19-29/h1-27,47H,(H,43,45)(H3,41,42,44). The van der Waals surface area contributed by atoms with Crippen LogP contribution in [0.3, 0.4) is 0 Å². The fourth-order valence-corrected chi connectivity index (χ4v) is 5.19. The molecule has 0 saturated carbocycles. The van der Waals surface area contributed by atoms with Gasteiger partial charge in [-0.1, -0.05) is 91.0 Å². The smallest absolute Gasteiger partial charge is 0.183 e. The van der Waals surface area contributed by atoms with Gasteiger partial charge in [-0.2, -0.15) is 0 Å². The number of benzene rings is 6. The van der Waals surface area contributed by atoms with Crippen LogP contribution in [0.25, 0.3) is 0 Å². The predicted octanol–water partition coefficient (Wildman–Crippen LogP) is 10.3. The van der Waals surface area contributed by atoms with E-state index in [2.05, 4.69) is 10.6 Å². The Morgan fingerprint density at radius 3 is 1.51 bits per heavy atom. The van der Waals surface area contributed by atoms with Gasteiger partial charge in [0, 0.05) is 5.69 Å². The van der Waals surface area contributed by atoms with Gasteiger partial charge in [-0.05, 0) is 72.8 Å². The van der Waals surface area contributed by atoms with Crippen molar-refractivity contribution in [2.75, 3.05) is 21.3 Å². The first-order valence-electron chi connectivity index (χ1n) is 15.6. The number of nitrogen functional groups attached to an aromatic ring is 1. The highest BCUT2D eigenvalue weighted by atomic mass is 16.5. The molecule has 5 N–H and O–H groups in total. The lowest BCUT2D eigenvalue weighted by Crippen LogP contribution is -2.17. The van der Waals surface area contributed by atoms with Crippen LogP contribution in [0.2, 0.25) is 0 Å². The van der Waals surface area contributed by atoms with Gasteiger partial charge >= 0.3 is 0 Å². The van der Waals surface area contributed by atoms with Crippen molar-refractivity contribution in [3.8, 4) is 28.7 Å². The third-order valence-corrected chi connectivity index (χ3v) is 7.47. The maximum absolute atomic E-state index is 11.0. The maximum Gasteiger partial charge on any atom is 0.183 e. The Morgan fingerprint density at radius 2 is 0.959 bits per heavy atom. The summed E-state index contributed by atoms with van der Waals surface area (Å²) in [6.07, 6.45) is 0. The Bertz CT molecular complexity index is 2170. The number of hydrogen-bond acceptors (Lipinski definition) is 9. The number of hydrogen-bond donors (Lipinski definition) is 4. The van der Waals surface area contributed by atoms with E-state index in [1.54, 1.807) is 23.1 Å². The number of ether oxygens (including phenoxy) is 2. The van der Waals surface area contributed by atoms with Gasteiger partial charge in [0.25, 0.3) is 0 Å². The monoisotopic (exact) mass is 644 g/mol. The summed E-state index contributed by atoms with van der Waals surface area (Å²) < 4.78 is 12.5. The third-order valence-electron chi connectivity index (χ3n) is 7.47. The van der Waals surface area contributed by atoms with Crippen LogP contribution in [0.15, 0.2) is 164 Å². The number of aromatic hydroxyl groups is 1. The summed E-state index contributed by atoms with van der Waals surface area (Å²) >= 11 is 0. The maximum atomic E-state index is 11.0. The lowest BCUT2D eigenvalue weighted by molar-refractivity contribution is 0.476. The molecule has 9 heteroatoms. The van der Waals surface area contributed by atoms with Gasteiger partial charge in [-0.3, -0.25) is 4.90 Å². The van der Waals surface area contributed by atoms with E-state index in [1.165, 1.54) is 0 Å². The minimum atomic E-state index is 0.0536. The number of phenolic OH excluding ortho intramolecular Hbond substituents is 1. The number of nitrogens with zero attached hydrogens (tertiary/aromatic N) is 3. The van der Waals surface area contributed by atoms with Crippen molar-refractivity contribution in [3.63, 3.8) is 0 Å². The Hall–Kier alpha value is -7.00. The molecule has 1 heterocycles. The highest BCUT2D eigenvalue weighted by Crippen LogP contribution is 2.43. The molecule has 0 aliphatic heterocycles. The number of aromatic nitrogens is 2. The van der Waals surface area contributed by atoms with Crippen molar-refractivity contribution in [2.24, 2.45) is 0 Å². The van der Waals surface area contributed by atoms with Crippen molar-refractivity contribution in [2.45, 2.75) is 0 Å². The van der Waals surface area contributed by atoms with Crippen LogP contribution in [0.5, 0.6) is 28.7 Å². The summed E-state index contributed by atoms with van der Waals surface area (Å²) in [5.41, 5.74) is 9.23. The molecule has 1 aromatic heterocycles. The van der Waals surface area contributed by atoms with E-state index in [0.29, 0.717) is 57.5 Å². The van der Waals surface area contributed by atoms with E-state index in [4.69, 9.17) is 25.2 Å². The molecule has 0 bridgehead atoms. The molecule has 0 unspecified atom stereocenters. The second-order valence-corrected chi connectivity index (χ2v) is 10.9. The first kappa shape index (κ1) is 30.6. The van der Waals surface area contributed by atoms with Gasteiger partial charge < -0.3 is 30.9 Å². The summed E-state index contributed by atoms with van der Waals surface area (Å²) in [6.45, 7) is 0. The molecule has 0 aliphatic rings. The summed E-state index contributed by atoms with van der Waals surface area (Å²) in [7, 11) is 0. The molecule has 0 fully saturated rings. The molecule has 240 valence electrons. The second kappa shape index (κ2) is 14.2. The van der Waals surface area contributed by atoms with Gasteiger partial charge in [0.1, 0.15) is 17.2 Å². The number of phenols is 1. The zero-order chi connectivity index (χ0) is 33.4. The van der Waals surface area contributed by atoms with Crippen LogP contribution in [0.1, 0.15) is 0 Å². The number of para-hydroxylation sites is 9. The minimum absolute atomic E-state index is 0.0536. The molecule has 0 spiro atoms. The average Bonchev–Trinajstić information content (AvgIpc) is 3.14. The van der Waals surface area contributed by atoms with Crippen LogP contribution < -0.4 is 30.7 Å². The van der Waals surface area contributed by atoms with Crippen molar-refractivity contribution >= 4 is 46.0 Å². The van der Waals surface area contributed by atoms with Crippen molar-refractivity contribution in [1.29, 1.82) is 0 Å². The van der Waals surface area contributed by atoms with Gasteiger partial charge in [0.05, 0.1) is 17.1 Å². The average molecular weight is 645 g/mol. The predicted molar refractivity (Wildman–Crippen MR) is 195 cm³/mol. The van der Waals surface area contributed by atoms with Crippen molar-refractivity contribution in [1.82, 2.24) is 9.97 Å². The molecule has 7 aromatic rings. The second-order valence-electron chi connectivity index (χ2n) is 10.9. The molecule has 9 nitrogen and oxygen atoms in total. The Balaban J connectivity index is 1.35. The van der Waals surface area contributed by atoms with Crippen LogP contribution >= 0.6 is 0 Å². The molecule has 7 rings (SSSR count). The first-order chi connectivity index (χ1) is 24.1. The minimum Gasteiger partial charge on any atom is -0.506 e. The van der Waals surface area contributed by atoms with Crippen LogP contribution in [-0.2, 0) is 0 Å². The lowest BCUT2D eigenvalue weighted by Gasteiger charge is -2.27. The Labute approximate surface area is 283 Å². The van der Waals surface area contributed by atoms with Gasteiger partial charge in [0.2, 0.25) is 0 Å². The number of nitrogens with two attached hydrogens (primary N) is 1. The SMILES string of the molecule is Nc1nc(Nc2ccccc2Oc2ccccc2)c(Nc2ccccc2Oc2ccccc2)nc1N(c1ccccc1)c1ccccc1O. The normalized spacial score (nSPS) is 10.6. The summed E-state index contributed by atoms with van der Waals surface area (Å²) in [4.78, 5) is 11.7.